The summed E-state index contributed by atoms with van der Waals surface area (Å²) >= 11 is 0. The van der Waals surface area contributed by atoms with Gasteiger partial charge in [-0.05, 0) is 55.2 Å². The number of nitrogens with zero attached hydrogens (tertiary/aromatic N) is 2. The van der Waals surface area contributed by atoms with Crippen molar-refractivity contribution in [2.24, 2.45) is 0 Å². The number of hydrogen-bond donors (Lipinski definition) is 0. The Morgan fingerprint density at radius 3 is 2.39 bits per heavy atom. The standard InChI is InChI=1S/C25H26N2O/c1-19-8-5-6-11-22(19)18-23-12-7-13-24(26-23)20-14-16-27(17-15-20)25(28)21-9-3-2-4-10-21/h2-13,20H,14-18H2,1H3. The number of amides is 1. The molecule has 3 aromatic rings. The third-order valence-corrected chi connectivity index (χ3v) is 5.68. The SMILES string of the molecule is Cc1ccccc1Cc1cccc(C2CCN(C(=O)c3ccccc3)CC2)n1. The zero-order valence-electron chi connectivity index (χ0n) is 16.3. The van der Waals surface area contributed by atoms with Crippen molar-refractivity contribution in [2.45, 2.75) is 32.1 Å². The molecule has 2 aromatic carbocycles. The first-order valence-corrected chi connectivity index (χ1v) is 10.1. The van der Waals surface area contributed by atoms with Gasteiger partial charge in [0, 0.05) is 42.4 Å². The largest absolute Gasteiger partial charge is 0.339 e. The van der Waals surface area contributed by atoms with Gasteiger partial charge in [-0.1, -0.05) is 48.5 Å². The summed E-state index contributed by atoms with van der Waals surface area (Å²) in [5.74, 6) is 0.567. The number of benzene rings is 2. The maximum Gasteiger partial charge on any atom is 0.253 e. The summed E-state index contributed by atoms with van der Waals surface area (Å²) in [4.78, 5) is 19.6. The van der Waals surface area contributed by atoms with Crippen molar-refractivity contribution in [1.82, 2.24) is 9.88 Å². The van der Waals surface area contributed by atoms with Crippen molar-refractivity contribution in [3.8, 4) is 0 Å². The van der Waals surface area contributed by atoms with Crippen molar-refractivity contribution in [2.75, 3.05) is 13.1 Å². The summed E-state index contributed by atoms with van der Waals surface area (Å²) in [6.07, 6.45) is 2.81. The Labute approximate surface area is 167 Å². The van der Waals surface area contributed by atoms with Crippen LogP contribution < -0.4 is 0 Å². The zero-order chi connectivity index (χ0) is 19.3. The molecule has 0 N–H and O–H groups in total. The summed E-state index contributed by atoms with van der Waals surface area (Å²) < 4.78 is 0. The van der Waals surface area contributed by atoms with E-state index in [1.807, 2.05) is 35.2 Å². The second kappa shape index (κ2) is 8.39. The van der Waals surface area contributed by atoms with Crippen LogP contribution in [0.3, 0.4) is 0 Å². The summed E-state index contributed by atoms with van der Waals surface area (Å²) in [5.41, 5.74) is 5.70. The topological polar surface area (TPSA) is 33.2 Å². The number of aryl methyl sites for hydroxylation is 1. The van der Waals surface area contributed by atoms with Crippen LogP contribution in [0, 0.1) is 6.92 Å². The molecule has 1 saturated heterocycles. The number of pyridine rings is 1. The minimum Gasteiger partial charge on any atom is -0.339 e. The van der Waals surface area contributed by atoms with E-state index >= 15 is 0 Å². The van der Waals surface area contributed by atoms with Gasteiger partial charge >= 0.3 is 0 Å². The van der Waals surface area contributed by atoms with Crippen LogP contribution in [0.2, 0.25) is 0 Å². The molecule has 0 atom stereocenters. The van der Waals surface area contributed by atoms with E-state index in [-0.39, 0.29) is 5.91 Å². The molecule has 28 heavy (non-hydrogen) atoms. The monoisotopic (exact) mass is 370 g/mol. The lowest BCUT2D eigenvalue weighted by atomic mass is 9.92. The van der Waals surface area contributed by atoms with E-state index in [0.29, 0.717) is 5.92 Å². The third kappa shape index (κ3) is 4.14. The van der Waals surface area contributed by atoms with Gasteiger partial charge in [-0.15, -0.1) is 0 Å². The fraction of sp³-hybridized carbons (Fsp3) is 0.280. The number of likely N-dealkylation sites (tertiary alicyclic amines) is 1. The van der Waals surface area contributed by atoms with E-state index in [0.717, 1.165) is 49.3 Å². The highest BCUT2D eigenvalue weighted by atomic mass is 16.2. The first-order valence-electron chi connectivity index (χ1n) is 10.1. The van der Waals surface area contributed by atoms with Gasteiger partial charge in [-0.3, -0.25) is 9.78 Å². The fourth-order valence-corrected chi connectivity index (χ4v) is 3.97. The molecule has 4 rings (SSSR count). The van der Waals surface area contributed by atoms with Crippen LogP contribution in [0.15, 0.2) is 72.8 Å². The van der Waals surface area contributed by atoms with Crippen LogP contribution in [0.5, 0.6) is 0 Å². The highest BCUT2D eigenvalue weighted by Crippen LogP contribution is 2.28. The number of carbonyl (C=O) groups excluding carboxylic acids is 1. The van der Waals surface area contributed by atoms with E-state index in [1.54, 1.807) is 0 Å². The first kappa shape index (κ1) is 18.4. The lowest BCUT2D eigenvalue weighted by Gasteiger charge is -2.32. The minimum absolute atomic E-state index is 0.139. The summed E-state index contributed by atoms with van der Waals surface area (Å²) in [6, 6.07) is 24.4. The molecular weight excluding hydrogens is 344 g/mol. The molecule has 2 heterocycles. The molecule has 1 amide bonds. The fourth-order valence-electron chi connectivity index (χ4n) is 3.97. The van der Waals surface area contributed by atoms with Gasteiger partial charge in [0.2, 0.25) is 0 Å². The molecular formula is C25H26N2O. The second-order valence-electron chi connectivity index (χ2n) is 7.59. The second-order valence-corrected chi connectivity index (χ2v) is 7.59. The Balaban J connectivity index is 1.41. The molecule has 0 unspecified atom stereocenters. The van der Waals surface area contributed by atoms with E-state index in [1.165, 1.54) is 11.1 Å². The third-order valence-electron chi connectivity index (χ3n) is 5.68. The molecule has 0 radical (unpaired) electrons. The molecule has 142 valence electrons. The molecule has 1 aliphatic rings. The van der Waals surface area contributed by atoms with Crippen LogP contribution in [-0.4, -0.2) is 28.9 Å². The van der Waals surface area contributed by atoms with Gasteiger partial charge < -0.3 is 4.90 Å². The van der Waals surface area contributed by atoms with Crippen LogP contribution >= 0.6 is 0 Å². The average molecular weight is 370 g/mol. The first-order chi connectivity index (χ1) is 13.7. The van der Waals surface area contributed by atoms with Gasteiger partial charge in [-0.2, -0.15) is 0 Å². The van der Waals surface area contributed by atoms with Crippen LogP contribution in [0.1, 0.15) is 51.6 Å². The molecule has 0 bridgehead atoms. The number of rotatable bonds is 4. The van der Waals surface area contributed by atoms with E-state index in [2.05, 4.69) is 49.4 Å². The normalized spacial score (nSPS) is 14.8. The predicted octanol–water partition coefficient (Wildman–Crippen LogP) is 5.00. The maximum atomic E-state index is 12.6. The summed E-state index contributed by atoms with van der Waals surface area (Å²) in [7, 11) is 0. The maximum absolute atomic E-state index is 12.6. The van der Waals surface area contributed by atoms with Crippen LogP contribution in [0.4, 0.5) is 0 Å². The number of hydrogen-bond acceptors (Lipinski definition) is 2. The molecule has 1 aliphatic heterocycles. The smallest absolute Gasteiger partial charge is 0.253 e. The molecule has 0 saturated carbocycles. The minimum atomic E-state index is 0.139. The quantitative estimate of drug-likeness (QED) is 0.647. The Morgan fingerprint density at radius 1 is 0.929 bits per heavy atom. The van der Waals surface area contributed by atoms with E-state index < -0.39 is 0 Å². The molecule has 0 aliphatic carbocycles. The van der Waals surface area contributed by atoms with Crippen LogP contribution in [0.25, 0.3) is 0 Å². The highest BCUT2D eigenvalue weighted by Gasteiger charge is 2.25. The Bertz CT molecular complexity index is 944. The Hall–Kier alpha value is -2.94. The van der Waals surface area contributed by atoms with E-state index in [9.17, 15) is 4.79 Å². The molecule has 1 fully saturated rings. The number of piperidine rings is 1. The number of carbonyl (C=O) groups is 1. The Kier molecular flexibility index (Phi) is 5.52. The van der Waals surface area contributed by atoms with Gasteiger partial charge in [-0.25, -0.2) is 0 Å². The van der Waals surface area contributed by atoms with Gasteiger partial charge in [0.15, 0.2) is 0 Å². The molecule has 1 aromatic heterocycles. The van der Waals surface area contributed by atoms with Crippen molar-refractivity contribution < 1.29 is 4.79 Å². The van der Waals surface area contributed by atoms with Gasteiger partial charge in [0.05, 0.1) is 0 Å². The van der Waals surface area contributed by atoms with Crippen molar-refractivity contribution in [3.05, 3.63) is 101 Å². The molecule has 0 spiro atoms. The van der Waals surface area contributed by atoms with Crippen molar-refractivity contribution in [1.29, 1.82) is 0 Å². The number of aromatic nitrogens is 1. The van der Waals surface area contributed by atoms with Crippen molar-refractivity contribution in [3.63, 3.8) is 0 Å². The van der Waals surface area contributed by atoms with E-state index in [4.69, 9.17) is 4.98 Å². The van der Waals surface area contributed by atoms with Crippen molar-refractivity contribution >= 4 is 5.91 Å². The summed E-state index contributed by atoms with van der Waals surface area (Å²) in [6.45, 7) is 3.74. The molecule has 3 nitrogen and oxygen atoms in total. The summed E-state index contributed by atoms with van der Waals surface area (Å²) in [5, 5.41) is 0. The van der Waals surface area contributed by atoms with Gasteiger partial charge in [0.1, 0.15) is 0 Å². The van der Waals surface area contributed by atoms with Crippen LogP contribution in [-0.2, 0) is 6.42 Å². The lowest BCUT2D eigenvalue weighted by Crippen LogP contribution is -2.38. The van der Waals surface area contributed by atoms with Gasteiger partial charge in [0.25, 0.3) is 5.91 Å². The Morgan fingerprint density at radius 2 is 1.64 bits per heavy atom. The molecule has 3 heteroatoms. The average Bonchev–Trinajstić information content (AvgIpc) is 2.76. The highest BCUT2D eigenvalue weighted by molar-refractivity contribution is 5.94. The zero-order valence-corrected chi connectivity index (χ0v) is 16.3. The lowest BCUT2D eigenvalue weighted by molar-refractivity contribution is 0.0712. The predicted molar refractivity (Wildman–Crippen MR) is 113 cm³/mol.